The molecule has 0 aromatic carbocycles. The number of rotatable bonds is 44. The Morgan fingerprint density at radius 2 is 0.852 bits per heavy atom. The van der Waals surface area contributed by atoms with Crippen LogP contribution in [0.3, 0.4) is 0 Å². The normalized spacial score (nSPS) is 12.7. The molecule has 0 saturated carbocycles. The van der Waals surface area contributed by atoms with Crippen LogP contribution < -0.4 is 5.32 Å². The second kappa shape index (κ2) is 44.3. The maximum atomic E-state index is 12.4. The summed E-state index contributed by atoms with van der Waals surface area (Å²) in [4.78, 5) is 24.4. The molecule has 3 N–H and O–H groups in total. The average molecular weight is 764 g/mol. The highest BCUT2D eigenvalue weighted by Crippen LogP contribution is 2.16. The second-order valence-corrected chi connectivity index (χ2v) is 16.5. The van der Waals surface area contributed by atoms with Gasteiger partial charge in [-0.2, -0.15) is 0 Å². The number of nitrogens with one attached hydrogen (secondary N) is 1. The Kier molecular flexibility index (Phi) is 43.2. The molecule has 0 rings (SSSR count). The summed E-state index contributed by atoms with van der Waals surface area (Å²) >= 11 is 0. The Hall–Kier alpha value is -1.40. The Balaban J connectivity index is 3.53. The SMILES string of the molecule is CCCCCCCCCCCCCCC/C=C/C(O)C(CO)NC(=O)CCCCCCCCCCCOC(=O)CCCCCCCCCCCCCCC. The summed E-state index contributed by atoms with van der Waals surface area (Å²) in [6, 6.07) is -0.645. The molecule has 0 aromatic rings. The molecule has 320 valence electrons. The first-order valence-electron chi connectivity index (χ1n) is 24.0. The number of carbonyl (C=O) groups is 2. The first-order valence-corrected chi connectivity index (χ1v) is 24.0. The van der Waals surface area contributed by atoms with Gasteiger partial charge in [-0.25, -0.2) is 0 Å². The van der Waals surface area contributed by atoms with E-state index in [1.165, 1.54) is 173 Å². The molecule has 2 unspecified atom stereocenters. The molecule has 0 bridgehead atoms. The number of ether oxygens (including phenoxy) is 1. The molecule has 0 aliphatic heterocycles. The topological polar surface area (TPSA) is 95.9 Å². The van der Waals surface area contributed by atoms with Crippen molar-refractivity contribution >= 4 is 11.9 Å². The Morgan fingerprint density at radius 3 is 1.26 bits per heavy atom. The maximum absolute atomic E-state index is 12.4. The number of unbranched alkanes of at least 4 members (excludes halogenated alkanes) is 33. The lowest BCUT2D eigenvalue weighted by atomic mass is 10.0. The number of esters is 1. The molecule has 0 fully saturated rings. The van der Waals surface area contributed by atoms with Crippen molar-refractivity contribution in [3.8, 4) is 0 Å². The zero-order valence-corrected chi connectivity index (χ0v) is 36.2. The minimum Gasteiger partial charge on any atom is -0.466 e. The van der Waals surface area contributed by atoms with Crippen molar-refractivity contribution in [2.24, 2.45) is 0 Å². The lowest BCUT2D eigenvalue weighted by Crippen LogP contribution is -2.45. The van der Waals surface area contributed by atoms with E-state index in [1.54, 1.807) is 6.08 Å². The van der Waals surface area contributed by atoms with Gasteiger partial charge in [-0.15, -0.1) is 0 Å². The van der Waals surface area contributed by atoms with Crippen molar-refractivity contribution in [1.29, 1.82) is 0 Å². The molecule has 1 amide bonds. The van der Waals surface area contributed by atoms with Gasteiger partial charge in [0.25, 0.3) is 0 Å². The summed E-state index contributed by atoms with van der Waals surface area (Å²) in [5.41, 5.74) is 0. The fourth-order valence-corrected chi connectivity index (χ4v) is 7.34. The van der Waals surface area contributed by atoms with E-state index >= 15 is 0 Å². The highest BCUT2D eigenvalue weighted by molar-refractivity contribution is 5.76. The monoisotopic (exact) mass is 764 g/mol. The molecule has 6 heteroatoms. The number of aliphatic hydroxyl groups is 2. The minimum absolute atomic E-state index is 0.0259. The van der Waals surface area contributed by atoms with E-state index in [0.29, 0.717) is 19.4 Å². The second-order valence-electron chi connectivity index (χ2n) is 16.5. The highest BCUT2D eigenvalue weighted by atomic mass is 16.5. The van der Waals surface area contributed by atoms with Gasteiger partial charge >= 0.3 is 5.97 Å². The van der Waals surface area contributed by atoms with Crippen LogP contribution in [-0.4, -0.2) is 47.4 Å². The highest BCUT2D eigenvalue weighted by Gasteiger charge is 2.18. The van der Waals surface area contributed by atoms with Crippen molar-refractivity contribution in [3.63, 3.8) is 0 Å². The Morgan fingerprint density at radius 1 is 0.500 bits per heavy atom. The number of allylic oxidation sites excluding steroid dienone is 1. The smallest absolute Gasteiger partial charge is 0.305 e. The van der Waals surface area contributed by atoms with Crippen molar-refractivity contribution in [2.75, 3.05) is 13.2 Å². The summed E-state index contributed by atoms with van der Waals surface area (Å²) in [6.07, 6.45) is 49.1. The van der Waals surface area contributed by atoms with E-state index in [9.17, 15) is 19.8 Å². The Labute approximate surface area is 336 Å². The molecule has 54 heavy (non-hydrogen) atoms. The van der Waals surface area contributed by atoms with Crippen LogP contribution in [-0.2, 0) is 14.3 Å². The van der Waals surface area contributed by atoms with Crippen LogP contribution in [0, 0.1) is 0 Å². The molecule has 0 radical (unpaired) electrons. The van der Waals surface area contributed by atoms with Gasteiger partial charge in [-0.1, -0.05) is 225 Å². The summed E-state index contributed by atoms with van der Waals surface area (Å²) in [5, 5.41) is 23.0. The van der Waals surface area contributed by atoms with Gasteiger partial charge in [0.2, 0.25) is 5.91 Å². The number of hydrogen-bond acceptors (Lipinski definition) is 5. The molecule has 0 heterocycles. The molecule has 0 aliphatic carbocycles. The summed E-state index contributed by atoms with van der Waals surface area (Å²) in [5.74, 6) is -0.120. The van der Waals surface area contributed by atoms with Crippen molar-refractivity contribution in [3.05, 3.63) is 12.2 Å². The fourth-order valence-electron chi connectivity index (χ4n) is 7.34. The zero-order valence-electron chi connectivity index (χ0n) is 36.2. The molecular weight excluding hydrogens is 671 g/mol. The fraction of sp³-hybridized carbons (Fsp3) is 0.917. The van der Waals surface area contributed by atoms with Crippen LogP contribution in [0.2, 0.25) is 0 Å². The van der Waals surface area contributed by atoms with Gasteiger partial charge in [0, 0.05) is 12.8 Å². The lowest BCUT2D eigenvalue weighted by Gasteiger charge is -2.20. The molecule has 0 saturated heterocycles. The number of aliphatic hydroxyl groups excluding tert-OH is 2. The number of carbonyl (C=O) groups excluding carboxylic acids is 2. The average Bonchev–Trinajstić information content (AvgIpc) is 3.17. The van der Waals surface area contributed by atoms with E-state index in [0.717, 1.165) is 57.8 Å². The predicted molar refractivity (Wildman–Crippen MR) is 232 cm³/mol. The van der Waals surface area contributed by atoms with Crippen LogP contribution in [0.25, 0.3) is 0 Å². The van der Waals surface area contributed by atoms with Crippen LogP contribution >= 0.6 is 0 Å². The third kappa shape index (κ3) is 40.3. The first-order chi connectivity index (χ1) is 26.5. The predicted octanol–water partition coefficient (Wildman–Crippen LogP) is 13.8. The van der Waals surface area contributed by atoms with Crippen LogP contribution in [0.4, 0.5) is 0 Å². The van der Waals surface area contributed by atoms with Crippen molar-refractivity contribution < 1.29 is 24.5 Å². The Bertz CT molecular complexity index is 802. The third-order valence-electron chi connectivity index (χ3n) is 11.1. The van der Waals surface area contributed by atoms with Crippen LogP contribution in [0.15, 0.2) is 12.2 Å². The molecule has 6 nitrogen and oxygen atoms in total. The molecule has 0 aromatic heterocycles. The third-order valence-corrected chi connectivity index (χ3v) is 11.1. The maximum Gasteiger partial charge on any atom is 0.305 e. The zero-order chi connectivity index (χ0) is 39.4. The van der Waals surface area contributed by atoms with Crippen LogP contribution in [0.5, 0.6) is 0 Å². The van der Waals surface area contributed by atoms with Gasteiger partial charge < -0.3 is 20.3 Å². The van der Waals surface area contributed by atoms with Crippen molar-refractivity contribution in [1.82, 2.24) is 5.32 Å². The van der Waals surface area contributed by atoms with Gasteiger partial charge in [-0.3, -0.25) is 9.59 Å². The van der Waals surface area contributed by atoms with E-state index in [1.807, 2.05) is 6.08 Å². The van der Waals surface area contributed by atoms with E-state index in [2.05, 4.69) is 19.2 Å². The van der Waals surface area contributed by atoms with Crippen LogP contribution in [0.1, 0.15) is 258 Å². The first kappa shape index (κ1) is 52.6. The number of hydrogen-bond donors (Lipinski definition) is 3. The standard InChI is InChI=1S/C48H93NO5/c1-3-5-7-9-11-13-15-17-18-20-21-24-28-32-36-40-46(51)45(44-50)49-47(52)41-37-33-29-25-23-27-31-35-39-43-54-48(53)42-38-34-30-26-22-19-16-14-12-10-8-6-4-2/h36,40,45-46,50-51H,3-35,37-39,41-44H2,1-2H3,(H,49,52)/b40-36+. The van der Waals surface area contributed by atoms with Gasteiger partial charge in [0.05, 0.1) is 25.4 Å². The molecular formula is C48H93NO5. The number of amides is 1. The summed E-state index contributed by atoms with van der Waals surface area (Å²) in [7, 11) is 0. The quantitative estimate of drug-likeness (QED) is 0.0326. The largest absolute Gasteiger partial charge is 0.466 e. The van der Waals surface area contributed by atoms with E-state index in [-0.39, 0.29) is 18.5 Å². The summed E-state index contributed by atoms with van der Waals surface area (Å²) in [6.45, 7) is 4.84. The minimum atomic E-state index is -0.859. The molecule has 0 spiro atoms. The van der Waals surface area contributed by atoms with Gasteiger partial charge in [0.15, 0.2) is 0 Å². The molecule has 2 atom stereocenters. The van der Waals surface area contributed by atoms with Crippen molar-refractivity contribution in [2.45, 2.75) is 270 Å². The molecule has 0 aliphatic rings. The van der Waals surface area contributed by atoms with Gasteiger partial charge in [-0.05, 0) is 32.1 Å². The van der Waals surface area contributed by atoms with Gasteiger partial charge in [0.1, 0.15) is 0 Å². The summed E-state index contributed by atoms with van der Waals surface area (Å²) < 4.78 is 5.44. The lowest BCUT2D eigenvalue weighted by molar-refractivity contribution is -0.143. The van der Waals surface area contributed by atoms with E-state index < -0.39 is 12.1 Å². The van der Waals surface area contributed by atoms with E-state index in [4.69, 9.17) is 4.74 Å².